The van der Waals surface area contributed by atoms with Gasteiger partial charge in [0.05, 0.1) is 18.1 Å². The van der Waals surface area contributed by atoms with Gasteiger partial charge in [0, 0.05) is 29.2 Å². The topological polar surface area (TPSA) is 91.9 Å². The Kier molecular flexibility index (Phi) is 3.86. The third kappa shape index (κ3) is 2.67. The van der Waals surface area contributed by atoms with Crippen LogP contribution in [-0.4, -0.2) is 24.8 Å². The van der Waals surface area contributed by atoms with Crippen molar-refractivity contribution in [1.82, 2.24) is 24.8 Å². The normalized spacial score (nSPS) is 12.0. The molecule has 0 unspecified atom stereocenters. The number of pyridine rings is 2. The zero-order chi connectivity index (χ0) is 18.1. The number of ether oxygens (including phenoxy) is 1. The molecular formula is C19H16N6O. The molecule has 4 aromatic heterocycles. The maximum Gasteiger partial charge on any atom is 0.148 e. The van der Waals surface area contributed by atoms with Gasteiger partial charge >= 0.3 is 0 Å². The molecule has 1 N–H and O–H groups in total. The molecule has 0 saturated heterocycles. The lowest BCUT2D eigenvalue weighted by atomic mass is 10.1. The first-order chi connectivity index (χ1) is 12.7. The zero-order valence-electron chi connectivity index (χ0n) is 14.3. The van der Waals surface area contributed by atoms with Crippen LogP contribution in [0.5, 0.6) is 5.75 Å². The summed E-state index contributed by atoms with van der Waals surface area (Å²) in [6, 6.07) is 9.78. The van der Waals surface area contributed by atoms with Crippen LogP contribution in [0.25, 0.3) is 16.6 Å². The Balaban J connectivity index is 1.84. The smallest absolute Gasteiger partial charge is 0.148 e. The maximum absolute atomic E-state index is 9.41. The second-order valence-electron chi connectivity index (χ2n) is 5.98. The summed E-state index contributed by atoms with van der Waals surface area (Å²) < 4.78 is 7.86. The average Bonchev–Trinajstić information content (AvgIpc) is 3.28. The highest BCUT2D eigenvalue weighted by atomic mass is 16.5. The van der Waals surface area contributed by atoms with Gasteiger partial charge in [0.15, 0.2) is 0 Å². The Morgan fingerprint density at radius 3 is 2.88 bits per heavy atom. The lowest BCUT2D eigenvalue weighted by molar-refractivity contribution is 0.224. The van der Waals surface area contributed by atoms with Crippen molar-refractivity contribution < 1.29 is 4.74 Å². The largest absolute Gasteiger partial charge is 0.482 e. The molecule has 0 radical (unpaired) electrons. The minimum atomic E-state index is -0.276. The van der Waals surface area contributed by atoms with E-state index in [1.807, 2.05) is 44.3 Å². The van der Waals surface area contributed by atoms with Crippen molar-refractivity contribution in [3.8, 4) is 22.9 Å². The highest BCUT2D eigenvalue weighted by molar-refractivity contribution is 5.75. The minimum absolute atomic E-state index is 0.276. The van der Waals surface area contributed by atoms with Crippen molar-refractivity contribution in [2.75, 3.05) is 0 Å². The van der Waals surface area contributed by atoms with E-state index in [0.717, 1.165) is 22.5 Å². The van der Waals surface area contributed by atoms with Gasteiger partial charge in [-0.3, -0.25) is 10.1 Å². The summed E-state index contributed by atoms with van der Waals surface area (Å²) in [5, 5.41) is 20.7. The number of hydrogen-bond donors (Lipinski definition) is 1. The number of aryl methyl sites for hydroxylation is 1. The Hall–Kier alpha value is -3.66. The van der Waals surface area contributed by atoms with Crippen molar-refractivity contribution >= 4 is 5.52 Å². The summed E-state index contributed by atoms with van der Waals surface area (Å²) >= 11 is 0. The van der Waals surface area contributed by atoms with Gasteiger partial charge in [-0.25, -0.2) is 4.52 Å². The van der Waals surface area contributed by atoms with Crippen LogP contribution in [0.15, 0.2) is 49.1 Å². The average molecular weight is 344 g/mol. The van der Waals surface area contributed by atoms with Gasteiger partial charge in [0.25, 0.3) is 0 Å². The lowest BCUT2D eigenvalue weighted by Crippen LogP contribution is -2.06. The van der Waals surface area contributed by atoms with E-state index in [1.54, 1.807) is 23.1 Å². The number of hydrogen-bond acceptors (Lipinski definition) is 5. The third-order valence-corrected chi connectivity index (χ3v) is 4.25. The molecule has 0 saturated carbocycles. The predicted molar refractivity (Wildman–Crippen MR) is 95.5 cm³/mol. The van der Waals surface area contributed by atoms with Gasteiger partial charge in [0.1, 0.15) is 29.0 Å². The molecule has 0 bridgehead atoms. The van der Waals surface area contributed by atoms with Gasteiger partial charge in [-0.1, -0.05) is 6.07 Å². The number of nitriles is 1. The number of aromatic nitrogens is 5. The first-order valence-corrected chi connectivity index (χ1v) is 8.17. The number of fused-ring (bicyclic) bond motifs is 1. The van der Waals surface area contributed by atoms with E-state index in [2.05, 4.69) is 26.3 Å². The highest BCUT2D eigenvalue weighted by Gasteiger charge is 2.17. The van der Waals surface area contributed by atoms with Crippen molar-refractivity contribution in [2.24, 2.45) is 0 Å². The Morgan fingerprint density at radius 2 is 2.19 bits per heavy atom. The van der Waals surface area contributed by atoms with Gasteiger partial charge in [-0.2, -0.15) is 15.5 Å². The Morgan fingerprint density at radius 1 is 1.31 bits per heavy atom. The van der Waals surface area contributed by atoms with E-state index in [-0.39, 0.29) is 6.10 Å². The van der Waals surface area contributed by atoms with Crippen LogP contribution in [-0.2, 0) is 0 Å². The van der Waals surface area contributed by atoms with Crippen molar-refractivity contribution in [3.63, 3.8) is 0 Å². The fraction of sp³-hybridized carbons (Fsp3) is 0.158. The van der Waals surface area contributed by atoms with E-state index in [1.165, 1.54) is 0 Å². The first kappa shape index (κ1) is 15.8. The SMILES string of the molecule is Cc1[nH]ncc1-c1cc(O[C@H](C)c2ccccn2)c2c(C#N)cnn2c1. The Bertz CT molecular complexity index is 1110. The summed E-state index contributed by atoms with van der Waals surface area (Å²) in [5.74, 6) is 0.579. The van der Waals surface area contributed by atoms with Crippen LogP contribution in [0.2, 0.25) is 0 Å². The lowest BCUT2D eigenvalue weighted by Gasteiger charge is -2.16. The molecule has 0 fully saturated rings. The van der Waals surface area contributed by atoms with E-state index < -0.39 is 0 Å². The quantitative estimate of drug-likeness (QED) is 0.612. The van der Waals surface area contributed by atoms with E-state index in [4.69, 9.17) is 4.74 Å². The van der Waals surface area contributed by atoms with Gasteiger partial charge in [0.2, 0.25) is 0 Å². The molecule has 4 rings (SSSR count). The molecule has 4 heterocycles. The molecular weight excluding hydrogens is 328 g/mol. The molecule has 0 aliphatic rings. The summed E-state index contributed by atoms with van der Waals surface area (Å²) in [6.07, 6.45) is 6.63. The van der Waals surface area contributed by atoms with Crippen LogP contribution in [0.4, 0.5) is 0 Å². The molecule has 0 aliphatic carbocycles. The van der Waals surface area contributed by atoms with E-state index in [9.17, 15) is 5.26 Å². The molecule has 1 atom stereocenters. The molecule has 0 aromatic carbocycles. The number of H-pyrrole nitrogens is 1. The van der Waals surface area contributed by atoms with Gasteiger partial charge < -0.3 is 4.74 Å². The second kappa shape index (κ2) is 6.33. The zero-order valence-corrected chi connectivity index (χ0v) is 14.3. The van der Waals surface area contributed by atoms with E-state index in [0.29, 0.717) is 16.8 Å². The van der Waals surface area contributed by atoms with Crippen LogP contribution < -0.4 is 4.74 Å². The third-order valence-electron chi connectivity index (χ3n) is 4.25. The molecule has 7 heteroatoms. The van der Waals surface area contributed by atoms with Gasteiger partial charge in [-0.15, -0.1) is 0 Å². The molecule has 128 valence electrons. The molecule has 4 aromatic rings. The summed E-state index contributed by atoms with van der Waals surface area (Å²) in [7, 11) is 0. The molecule has 0 aliphatic heterocycles. The summed E-state index contributed by atoms with van der Waals surface area (Å²) in [5.41, 5.74) is 4.72. The first-order valence-electron chi connectivity index (χ1n) is 8.17. The van der Waals surface area contributed by atoms with Crippen LogP contribution in [0, 0.1) is 18.3 Å². The highest BCUT2D eigenvalue weighted by Crippen LogP contribution is 2.33. The van der Waals surface area contributed by atoms with Gasteiger partial charge in [-0.05, 0) is 32.0 Å². The molecule has 26 heavy (non-hydrogen) atoms. The van der Waals surface area contributed by atoms with E-state index >= 15 is 0 Å². The standard InChI is InChI=1S/C19H16N6O/c1-12-16(10-22-24-12)14-7-18(19-15(8-20)9-23-25(19)11-14)26-13(2)17-5-3-4-6-21-17/h3-7,9-11,13H,1-2H3,(H,22,24)/t13-/m1/s1. The predicted octanol–water partition coefficient (Wildman–Crippen LogP) is 3.44. The van der Waals surface area contributed by atoms with Crippen LogP contribution >= 0.6 is 0 Å². The van der Waals surface area contributed by atoms with Crippen molar-refractivity contribution in [2.45, 2.75) is 20.0 Å². The van der Waals surface area contributed by atoms with Crippen LogP contribution in [0.1, 0.15) is 30.0 Å². The second-order valence-corrected chi connectivity index (χ2v) is 5.98. The Labute approximate surface area is 149 Å². The van der Waals surface area contributed by atoms with Crippen molar-refractivity contribution in [1.29, 1.82) is 5.26 Å². The molecule has 0 spiro atoms. The molecule has 0 amide bonds. The maximum atomic E-state index is 9.41. The van der Waals surface area contributed by atoms with Crippen molar-refractivity contribution in [3.05, 3.63) is 66.0 Å². The van der Waals surface area contributed by atoms with Crippen LogP contribution in [0.3, 0.4) is 0 Å². The summed E-state index contributed by atoms with van der Waals surface area (Å²) in [4.78, 5) is 4.34. The monoisotopic (exact) mass is 344 g/mol. The summed E-state index contributed by atoms with van der Waals surface area (Å²) in [6.45, 7) is 3.88. The number of nitrogens with zero attached hydrogens (tertiary/aromatic N) is 5. The number of nitrogens with one attached hydrogen (secondary N) is 1. The minimum Gasteiger partial charge on any atom is -0.482 e. The fourth-order valence-corrected chi connectivity index (χ4v) is 2.91. The number of rotatable bonds is 4. The fourth-order valence-electron chi connectivity index (χ4n) is 2.91. The number of aromatic amines is 1. The molecule has 7 nitrogen and oxygen atoms in total.